The van der Waals surface area contributed by atoms with Gasteiger partial charge in [0.05, 0.1) is 29.0 Å². The maximum atomic E-state index is 12.5. The summed E-state index contributed by atoms with van der Waals surface area (Å²) in [5.74, 6) is 1.83. The number of halogens is 1. The number of thioether (sulfide) groups is 1. The summed E-state index contributed by atoms with van der Waals surface area (Å²) in [5.41, 5.74) is 4.71. The van der Waals surface area contributed by atoms with E-state index in [9.17, 15) is 4.79 Å². The number of aromatic nitrogens is 2. The molecule has 2 aromatic carbocycles. The molecule has 3 aromatic rings. The van der Waals surface area contributed by atoms with E-state index < -0.39 is 0 Å². The minimum Gasteiger partial charge on any atom is -0.494 e. The molecule has 1 aromatic heterocycles. The van der Waals surface area contributed by atoms with E-state index in [0.717, 1.165) is 33.8 Å². The first-order valence-electron chi connectivity index (χ1n) is 9.48. The van der Waals surface area contributed by atoms with Crippen molar-refractivity contribution in [3.8, 4) is 11.4 Å². The fourth-order valence-electron chi connectivity index (χ4n) is 3.51. The molecule has 29 heavy (non-hydrogen) atoms. The quantitative estimate of drug-likeness (QED) is 0.612. The third-order valence-corrected chi connectivity index (χ3v) is 6.57. The summed E-state index contributed by atoms with van der Waals surface area (Å²) in [6.45, 7) is 6.48. The van der Waals surface area contributed by atoms with E-state index in [2.05, 4.69) is 11.4 Å². The molecule has 4 rings (SSSR count). The zero-order chi connectivity index (χ0) is 20.5. The molecule has 1 unspecified atom stereocenters. The Morgan fingerprint density at radius 3 is 2.83 bits per heavy atom. The van der Waals surface area contributed by atoms with E-state index >= 15 is 0 Å². The van der Waals surface area contributed by atoms with Crippen LogP contribution in [0.25, 0.3) is 5.69 Å². The van der Waals surface area contributed by atoms with E-state index in [1.54, 1.807) is 16.4 Å². The molecule has 1 amide bonds. The first-order chi connectivity index (χ1) is 14.0. The summed E-state index contributed by atoms with van der Waals surface area (Å²) in [6.07, 6.45) is 0. The Morgan fingerprint density at radius 1 is 1.28 bits per heavy atom. The van der Waals surface area contributed by atoms with Crippen molar-refractivity contribution in [1.82, 2.24) is 9.78 Å². The van der Waals surface area contributed by atoms with Gasteiger partial charge >= 0.3 is 0 Å². The van der Waals surface area contributed by atoms with Crippen LogP contribution in [0.4, 0.5) is 5.82 Å². The number of anilines is 1. The van der Waals surface area contributed by atoms with Gasteiger partial charge in [0.2, 0.25) is 5.91 Å². The fourth-order valence-corrected chi connectivity index (χ4v) is 4.90. The third kappa shape index (κ3) is 3.74. The molecule has 150 valence electrons. The third-order valence-electron chi connectivity index (χ3n) is 4.91. The number of nitrogens with zero attached hydrogens (tertiary/aromatic N) is 2. The number of nitrogens with one attached hydrogen (secondary N) is 1. The number of aryl methyl sites for hydroxylation is 2. The number of carbonyl (C=O) groups excluding carboxylic acids is 1. The van der Waals surface area contributed by atoms with Crippen molar-refractivity contribution in [1.29, 1.82) is 0 Å². The molecular weight excluding hydrogens is 406 g/mol. The van der Waals surface area contributed by atoms with Gasteiger partial charge in [0, 0.05) is 16.1 Å². The predicted molar refractivity (Wildman–Crippen MR) is 119 cm³/mol. The van der Waals surface area contributed by atoms with Gasteiger partial charge in [0.15, 0.2) is 0 Å². The van der Waals surface area contributed by atoms with Crippen LogP contribution in [-0.2, 0) is 4.79 Å². The summed E-state index contributed by atoms with van der Waals surface area (Å²) in [7, 11) is 0. The maximum Gasteiger partial charge on any atom is 0.235 e. The number of rotatable bonds is 4. The Bertz CT molecular complexity index is 1080. The van der Waals surface area contributed by atoms with Crippen molar-refractivity contribution in [2.75, 3.05) is 17.7 Å². The number of amides is 1. The summed E-state index contributed by atoms with van der Waals surface area (Å²) in [5, 5.41) is 8.40. The molecule has 2 heterocycles. The van der Waals surface area contributed by atoms with Crippen LogP contribution in [0.1, 0.15) is 34.6 Å². The average molecular weight is 428 g/mol. The normalized spacial score (nSPS) is 16.1. The molecule has 1 aliphatic rings. The topological polar surface area (TPSA) is 56.1 Å². The highest BCUT2D eigenvalue weighted by Gasteiger charge is 2.32. The lowest BCUT2D eigenvalue weighted by Crippen LogP contribution is -2.15. The van der Waals surface area contributed by atoms with Gasteiger partial charge in [0.1, 0.15) is 11.6 Å². The maximum absolute atomic E-state index is 12.5. The lowest BCUT2D eigenvalue weighted by molar-refractivity contribution is -0.113. The summed E-state index contributed by atoms with van der Waals surface area (Å²) < 4.78 is 7.64. The average Bonchev–Trinajstić information content (AvgIpc) is 2.91. The molecule has 1 atom stereocenters. The van der Waals surface area contributed by atoms with E-state index in [4.69, 9.17) is 21.4 Å². The number of hydrogen-bond donors (Lipinski definition) is 1. The second-order valence-electron chi connectivity index (χ2n) is 6.90. The monoisotopic (exact) mass is 427 g/mol. The van der Waals surface area contributed by atoms with Gasteiger partial charge in [-0.3, -0.25) is 4.79 Å². The number of carbonyl (C=O) groups is 1. The van der Waals surface area contributed by atoms with Crippen LogP contribution >= 0.6 is 23.4 Å². The largest absolute Gasteiger partial charge is 0.494 e. The molecule has 0 aliphatic carbocycles. The second kappa shape index (κ2) is 8.13. The van der Waals surface area contributed by atoms with E-state index in [0.29, 0.717) is 23.2 Å². The SMILES string of the molecule is CCOc1ccccc1C1SCC(=O)Nc2c1c(C)nn2-c1ccc(C)c(Cl)c1. The Balaban J connectivity index is 1.89. The van der Waals surface area contributed by atoms with Crippen LogP contribution < -0.4 is 10.1 Å². The van der Waals surface area contributed by atoms with Gasteiger partial charge in [-0.2, -0.15) is 5.10 Å². The lowest BCUT2D eigenvalue weighted by atomic mass is 10.0. The first kappa shape index (κ1) is 19.9. The summed E-state index contributed by atoms with van der Waals surface area (Å²) >= 11 is 7.93. The van der Waals surface area contributed by atoms with Crippen molar-refractivity contribution >= 4 is 35.1 Å². The number of para-hydroxylation sites is 1. The lowest BCUT2D eigenvalue weighted by Gasteiger charge is -2.19. The van der Waals surface area contributed by atoms with Crippen molar-refractivity contribution in [3.63, 3.8) is 0 Å². The molecule has 0 saturated heterocycles. The standard InChI is InChI=1S/C22H22ClN3O2S/c1-4-28-18-8-6-5-7-16(18)21-20-14(3)25-26(22(20)24-19(27)12-29-21)15-10-9-13(2)17(23)11-15/h5-11,21H,4,12H2,1-3H3,(H,24,27). The van der Waals surface area contributed by atoms with Gasteiger partial charge in [-0.25, -0.2) is 4.68 Å². The molecule has 0 spiro atoms. The molecule has 5 nitrogen and oxygen atoms in total. The summed E-state index contributed by atoms with van der Waals surface area (Å²) in [6, 6.07) is 13.8. The highest BCUT2D eigenvalue weighted by molar-refractivity contribution is 8.00. The van der Waals surface area contributed by atoms with E-state index in [-0.39, 0.29) is 11.2 Å². The molecule has 0 bridgehead atoms. The highest BCUT2D eigenvalue weighted by Crippen LogP contribution is 2.46. The van der Waals surface area contributed by atoms with Crippen LogP contribution in [-0.4, -0.2) is 28.0 Å². The van der Waals surface area contributed by atoms with E-state index in [1.807, 2.05) is 57.2 Å². The Labute approximate surface area is 179 Å². The molecular formula is C22H22ClN3O2S. The Morgan fingerprint density at radius 2 is 2.07 bits per heavy atom. The predicted octanol–water partition coefficient (Wildman–Crippen LogP) is 5.32. The second-order valence-corrected chi connectivity index (χ2v) is 8.40. The molecule has 0 saturated carbocycles. The molecule has 1 N–H and O–H groups in total. The summed E-state index contributed by atoms with van der Waals surface area (Å²) in [4.78, 5) is 12.5. The molecule has 1 aliphatic heterocycles. The number of ether oxygens (including phenoxy) is 1. The Kier molecular flexibility index (Phi) is 5.56. The van der Waals surface area contributed by atoms with Crippen LogP contribution in [0, 0.1) is 13.8 Å². The molecule has 0 fully saturated rings. The van der Waals surface area contributed by atoms with Crippen molar-refractivity contribution in [3.05, 3.63) is 69.9 Å². The first-order valence-corrected chi connectivity index (χ1v) is 10.9. The van der Waals surface area contributed by atoms with Gasteiger partial charge in [-0.05, 0) is 44.5 Å². The van der Waals surface area contributed by atoms with E-state index in [1.165, 1.54) is 0 Å². The van der Waals surface area contributed by atoms with Crippen LogP contribution in [0.5, 0.6) is 5.75 Å². The van der Waals surface area contributed by atoms with Crippen LogP contribution in [0.2, 0.25) is 5.02 Å². The zero-order valence-electron chi connectivity index (χ0n) is 16.5. The van der Waals surface area contributed by atoms with Gasteiger partial charge in [0.25, 0.3) is 0 Å². The van der Waals surface area contributed by atoms with Crippen molar-refractivity contribution < 1.29 is 9.53 Å². The van der Waals surface area contributed by atoms with Gasteiger partial charge in [-0.1, -0.05) is 35.9 Å². The van der Waals surface area contributed by atoms with Crippen molar-refractivity contribution in [2.45, 2.75) is 26.0 Å². The molecule has 7 heteroatoms. The van der Waals surface area contributed by atoms with Crippen LogP contribution in [0.3, 0.4) is 0 Å². The number of fused-ring (bicyclic) bond motifs is 1. The zero-order valence-corrected chi connectivity index (χ0v) is 18.1. The molecule has 0 radical (unpaired) electrons. The minimum absolute atomic E-state index is 0.0491. The number of hydrogen-bond acceptors (Lipinski definition) is 4. The minimum atomic E-state index is -0.0682. The Hall–Kier alpha value is -2.44. The fraction of sp³-hybridized carbons (Fsp3) is 0.273. The van der Waals surface area contributed by atoms with Gasteiger partial charge in [-0.15, -0.1) is 11.8 Å². The highest BCUT2D eigenvalue weighted by atomic mass is 35.5. The number of benzene rings is 2. The van der Waals surface area contributed by atoms with Crippen LogP contribution in [0.15, 0.2) is 42.5 Å². The smallest absolute Gasteiger partial charge is 0.235 e. The van der Waals surface area contributed by atoms with Crippen molar-refractivity contribution in [2.24, 2.45) is 0 Å². The van der Waals surface area contributed by atoms with Gasteiger partial charge < -0.3 is 10.1 Å².